The van der Waals surface area contributed by atoms with Gasteiger partial charge in [0.2, 0.25) is 0 Å². The fraction of sp³-hybridized carbons (Fsp3) is 0. The zero-order valence-corrected chi connectivity index (χ0v) is 29.5. The largest absolute Gasteiger partial charge is 0.455 e. The fourth-order valence-corrected chi connectivity index (χ4v) is 10.2. The van der Waals surface area contributed by atoms with Crippen LogP contribution in [0.15, 0.2) is 180 Å². The summed E-state index contributed by atoms with van der Waals surface area (Å²) in [5.41, 5.74) is 9.93. The molecule has 0 bridgehead atoms. The van der Waals surface area contributed by atoms with Gasteiger partial charge in [0.25, 0.3) is 0 Å². The second-order valence-corrected chi connectivity index (χ2v) is 15.4. The smallest absolute Gasteiger partial charge is 0.143 e. The Kier molecular flexibility index (Phi) is 6.63. The highest BCUT2D eigenvalue weighted by atomic mass is 32.1. The zero-order chi connectivity index (χ0) is 34.2. The molecule has 11 aromatic rings. The molecule has 4 heteroatoms. The van der Waals surface area contributed by atoms with Gasteiger partial charge in [-0.05, 0) is 71.3 Å². The van der Waals surface area contributed by atoms with Crippen molar-refractivity contribution in [2.24, 2.45) is 0 Å². The lowest BCUT2D eigenvalue weighted by Crippen LogP contribution is -2.10. The maximum Gasteiger partial charge on any atom is 0.143 e. The summed E-state index contributed by atoms with van der Waals surface area (Å²) in [6.07, 6.45) is 0. The summed E-state index contributed by atoms with van der Waals surface area (Å²) in [5.74, 6) is 0. The van der Waals surface area contributed by atoms with Gasteiger partial charge in [-0.3, -0.25) is 0 Å². The summed E-state index contributed by atoms with van der Waals surface area (Å²) in [7, 11) is 0. The van der Waals surface area contributed by atoms with Gasteiger partial charge < -0.3 is 9.32 Å². The Morgan fingerprint density at radius 3 is 1.92 bits per heavy atom. The van der Waals surface area contributed by atoms with Crippen molar-refractivity contribution >= 4 is 102 Å². The van der Waals surface area contributed by atoms with Gasteiger partial charge in [-0.15, -0.1) is 22.7 Å². The number of furan rings is 1. The maximum absolute atomic E-state index is 6.49. The van der Waals surface area contributed by atoms with E-state index in [1.165, 1.54) is 57.3 Å². The van der Waals surface area contributed by atoms with Crippen LogP contribution in [0.5, 0.6) is 0 Å². The van der Waals surface area contributed by atoms with Crippen LogP contribution in [0.4, 0.5) is 17.1 Å². The van der Waals surface area contributed by atoms with Crippen LogP contribution in [0.1, 0.15) is 0 Å². The Morgan fingerprint density at radius 1 is 0.404 bits per heavy atom. The topological polar surface area (TPSA) is 16.4 Å². The second kappa shape index (κ2) is 11.7. The van der Waals surface area contributed by atoms with Crippen molar-refractivity contribution in [1.29, 1.82) is 0 Å². The van der Waals surface area contributed by atoms with Gasteiger partial charge in [0.1, 0.15) is 11.2 Å². The molecule has 0 aliphatic heterocycles. The van der Waals surface area contributed by atoms with E-state index in [9.17, 15) is 0 Å². The summed E-state index contributed by atoms with van der Waals surface area (Å²) in [5, 5.41) is 7.43. The van der Waals surface area contributed by atoms with Gasteiger partial charge in [0.15, 0.2) is 0 Å². The first-order valence-corrected chi connectivity index (χ1v) is 19.1. The zero-order valence-electron chi connectivity index (χ0n) is 27.9. The normalized spacial score (nSPS) is 11.8. The SMILES string of the molecule is c1ccc(-c2cccc3c2oc2ccc(-c4ccc(N(c5cccc6c5sc5ccccc56)c5cccc6sc7ccccc7c56)cc4)cc23)cc1. The predicted molar refractivity (Wildman–Crippen MR) is 225 cm³/mol. The quantitative estimate of drug-likeness (QED) is 0.178. The van der Waals surface area contributed by atoms with Crippen molar-refractivity contribution in [3.63, 3.8) is 0 Å². The van der Waals surface area contributed by atoms with E-state index in [1.54, 1.807) is 0 Å². The van der Waals surface area contributed by atoms with Crippen LogP contribution < -0.4 is 4.90 Å². The fourth-order valence-electron chi connectivity index (χ4n) is 7.88. The predicted octanol–water partition coefficient (Wildman–Crippen LogP) is 15.1. The minimum absolute atomic E-state index is 0.900. The minimum Gasteiger partial charge on any atom is -0.455 e. The van der Waals surface area contributed by atoms with E-state index in [0.29, 0.717) is 0 Å². The van der Waals surface area contributed by atoms with Gasteiger partial charge in [-0.1, -0.05) is 121 Å². The Balaban J connectivity index is 1.08. The Morgan fingerprint density at radius 2 is 1.06 bits per heavy atom. The van der Waals surface area contributed by atoms with E-state index in [0.717, 1.165) is 44.3 Å². The summed E-state index contributed by atoms with van der Waals surface area (Å²) in [6, 6.07) is 63.6. The molecule has 8 aromatic carbocycles. The molecule has 0 aliphatic carbocycles. The highest BCUT2D eigenvalue weighted by Crippen LogP contribution is 2.49. The molecule has 0 fully saturated rings. The number of hydrogen-bond acceptors (Lipinski definition) is 4. The van der Waals surface area contributed by atoms with Crippen molar-refractivity contribution in [2.75, 3.05) is 4.90 Å². The highest BCUT2D eigenvalue weighted by molar-refractivity contribution is 7.26. The van der Waals surface area contributed by atoms with Crippen molar-refractivity contribution in [2.45, 2.75) is 0 Å². The summed E-state index contributed by atoms with van der Waals surface area (Å²) >= 11 is 3.73. The van der Waals surface area contributed by atoms with Crippen LogP contribution in [-0.2, 0) is 0 Å². The van der Waals surface area contributed by atoms with E-state index < -0.39 is 0 Å². The molecular weight excluding hydrogens is 671 g/mol. The number of thiophene rings is 2. The number of hydrogen-bond donors (Lipinski definition) is 0. The molecular formula is C48H29NOS2. The number of rotatable bonds is 5. The maximum atomic E-state index is 6.49. The van der Waals surface area contributed by atoms with E-state index >= 15 is 0 Å². The summed E-state index contributed by atoms with van der Waals surface area (Å²) in [4.78, 5) is 2.47. The van der Waals surface area contributed by atoms with Gasteiger partial charge in [-0.2, -0.15) is 0 Å². The lowest BCUT2D eigenvalue weighted by molar-refractivity contribution is 0.670. The highest BCUT2D eigenvalue weighted by Gasteiger charge is 2.22. The summed E-state index contributed by atoms with van der Waals surface area (Å²) < 4.78 is 11.7. The van der Waals surface area contributed by atoms with Gasteiger partial charge in [0, 0.05) is 57.7 Å². The molecule has 3 aromatic heterocycles. The standard InChI is InChI=1S/C48H29NOS2/c1-2-11-31(12-3-1)34-15-8-16-36-39-29-32(25-28-42(39)50-47(34)36)30-23-26-33(27-24-30)49(40-18-10-22-45-46(40)38-14-5-7-21-44(38)51-45)41-19-9-17-37-35-13-4-6-20-43(35)52-48(37)41/h1-29H. The Bertz CT molecular complexity index is 3130. The first kappa shape index (κ1) is 29.5. The van der Waals surface area contributed by atoms with Gasteiger partial charge >= 0.3 is 0 Å². The van der Waals surface area contributed by atoms with E-state index in [-0.39, 0.29) is 0 Å². The van der Waals surface area contributed by atoms with Crippen molar-refractivity contribution in [3.05, 3.63) is 176 Å². The number of anilines is 3. The lowest BCUT2D eigenvalue weighted by Gasteiger charge is -2.27. The molecule has 0 spiro atoms. The summed E-state index contributed by atoms with van der Waals surface area (Å²) in [6.45, 7) is 0. The molecule has 0 amide bonds. The molecule has 0 radical (unpaired) electrons. The average molecular weight is 700 g/mol. The van der Waals surface area contributed by atoms with Crippen LogP contribution in [0.3, 0.4) is 0 Å². The first-order chi connectivity index (χ1) is 25.8. The van der Waals surface area contributed by atoms with Crippen LogP contribution >= 0.6 is 22.7 Å². The molecule has 3 heterocycles. The molecule has 0 atom stereocenters. The van der Waals surface area contributed by atoms with Crippen molar-refractivity contribution in [3.8, 4) is 22.3 Å². The molecule has 52 heavy (non-hydrogen) atoms. The van der Waals surface area contributed by atoms with Crippen LogP contribution in [0.25, 0.3) is 84.5 Å². The molecule has 0 aliphatic rings. The third-order valence-corrected chi connectivity index (χ3v) is 12.6. The minimum atomic E-state index is 0.900. The van der Waals surface area contributed by atoms with E-state index in [4.69, 9.17) is 4.42 Å². The third-order valence-electron chi connectivity index (χ3n) is 10.3. The lowest BCUT2D eigenvalue weighted by atomic mass is 10.00. The third kappa shape index (κ3) is 4.55. The Labute approximate surface area is 308 Å². The number of benzene rings is 8. The van der Waals surface area contributed by atoms with Crippen molar-refractivity contribution in [1.82, 2.24) is 0 Å². The van der Waals surface area contributed by atoms with Gasteiger partial charge in [0.05, 0.1) is 16.1 Å². The molecule has 0 unspecified atom stereocenters. The number of fused-ring (bicyclic) bond motifs is 9. The molecule has 0 saturated heterocycles. The second-order valence-electron chi connectivity index (χ2n) is 13.2. The Hall–Kier alpha value is -6.20. The molecule has 0 saturated carbocycles. The van der Waals surface area contributed by atoms with Crippen LogP contribution in [0, 0.1) is 0 Å². The van der Waals surface area contributed by atoms with Crippen LogP contribution in [0.2, 0.25) is 0 Å². The van der Waals surface area contributed by atoms with E-state index in [2.05, 4.69) is 175 Å². The molecule has 11 rings (SSSR count). The number of para-hydroxylation sites is 1. The molecule has 2 nitrogen and oxygen atoms in total. The first-order valence-electron chi connectivity index (χ1n) is 17.5. The van der Waals surface area contributed by atoms with Gasteiger partial charge in [-0.25, -0.2) is 0 Å². The monoisotopic (exact) mass is 699 g/mol. The molecule has 0 N–H and O–H groups in total. The number of nitrogens with zero attached hydrogens (tertiary/aromatic N) is 1. The van der Waals surface area contributed by atoms with Crippen molar-refractivity contribution < 1.29 is 4.42 Å². The van der Waals surface area contributed by atoms with Crippen LogP contribution in [-0.4, -0.2) is 0 Å². The molecule has 244 valence electrons. The van der Waals surface area contributed by atoms with E-state index in [1.807, 2.05) is 28.7 Å². The average Bonchev–Trinajstić information content (AvgIpc) is 3.90.